The average molecular weight is 334 g/mol. The number of rotatable bonds is 5. The van der Waals surface area contributed by atoms with Crippen molar-refractivity contribution in [1.82, 2.24) is 9.21 Å². The zero-order valence-electron chi connectivity index (χ0n) is 14.0. The number of nitrogens with zero attached hydrogens (tertiary/aromatic N) is 2. The lowest BCUT2D eigenvalue weighted by molar-refractivity contribution is 0.185. The fourth-order valence-electron chi connectivity index (χ4n) is 3.70. The first-order valence-electron chi connectivity index (χ1n) is 8.34. The Morgan fingerprint density at radius 1 is 1.17 bits per heavy atom. The van der Waals surface area contributed by atoms with E-state index in [0.717, 1.165) is 32.5 Å². The molecule has 0 amide bonds. The fourth-order valence-corrected chi connectivity index (χ4v) is 4.56. The number of hydrogen-bond donors (Lipinski definition) is 0. The van der Waals surface area contributed by atoms with Crippen LogP contribution >= 0.6 is 0 Å². The summed E-state index contributed by atoms with van der Waals surface area (Å²) in [5.41, 5.74) is 3.04. The van der Waals surface area contributed by atoms with Crippen molar-refractivity contribution >= 4 is 16.1 Å². The van der Waals surface area contributed by atoms with Crippen LogP contribution < -0.4 is 0 Å². The molecule has 0 atom stereocenters. The van der Waals surface area contributed by atoms with Crippen LogP contribution in [0, 0.1) is 0 Å². The van der Waals surface area contributed by atoms with Gasteiger partial charge in [-0.1, -0.05) is 36.4 Å². The summed E-state index contributed by atoms with van der Waals surface area (Å²) in [6, 6.07) is 8.68. The highest BCUT2D eigenvalue weighted by molar-refractivity contribution is 7.89. The first kappa shape index (κ1) is 16.7. The minimum Gasteiger partial charge on any atom is -0.303 e. The Labute approximate surface area is 139 Å². The van der Waals surface area contributed by atoms with Gasteiger partial charge in [0.2, 0.25) is 10.0 Å². The van der Waals surface area contributed by atoms with Gasteiger partial charge in [-0.2, -0.15) is 0 Å². The van der Waals surface area contributed by atoms with Gasteiger partial charge in [-0.05, 0) is 50.0 Å². The lowest BCUT2D eigenvalue weighted by atomic mass is 9.74. The maximum atomic E-state index is 11.8. The molecule has 0 N–H and O–H groups in total. The van der Waals surface area contributed by atoms with Crippen molar-refractivity contribution in [2.75, 3.05) is 39.5 Å². The molecule has 1 aromatic carbocycles. The quantitative estimate of drug-likeness (QED) is 0.830. The molecule has 1 aliphatic heterocycles. The highest BCUT2D eigenvalue weighted by Crippen LogP contribution is 2.43. The summed E-state index contributed by atoms with van der Waals surface area (Å²) in [7, 11) is 0.136. The Balaban J connectivity index is 1.53. The lowest BCUT2D eigenvalue weighted by Crippen LogP contribution is -2.41. The van der Waals surface area contributed by atoms with Crippen molar-refractivity contribution < 1.29 is 8.42 Å². The third-order valence-corrected chi connectivity index (χ3v) is 7.18. The Hall–Kier alpha value is -1.17. The van der Waals surface area contributed by atoms with Crippen LogP contribution in [0.25, 0.3) is 6.08 Å². The van der Waals surface area contributed by atoms with E-state index in [9.17, 15) is 8.42 Å². The Kier molecular flexibility index (Phi) is 4.63. The zero-order chi connectivity index (χ0) is 16.5. The molecule has 1 spiro atoms. The maximum absolute atomic E-state index is 11.8. The molecule has 1 fully saturated rings. The van der Waals surface area contributed by atoms with Gasteiger partial charge in [-0.25, -0.2) is 12.7 Å². The van der Waals surface area contributed by atoms with Gasteiger partial charge in [0.25, 0.3) is 0 Å². The van der Waals surface area contributed by atoms with E-state index in [1.165, 1.54) is 15.4 Å². The SMILES string of the molecule is CN(C)S(=O)(=O)CCCN1CCC2(C=Cc3ccccc32)CC1. The molecule has 1 aromatic rings. The van der Waals surface area contributed by atoms with Crippen LogP contribution in [0.2, 0.25) is 0 Å². The minimum atomic E-state index is -3.07. The molecule has 3 rings (SSSR count). The molecule has 0 bridgehead atoms. The minimum absolute atomic E-state index is 0.211. The monoisotopic (exact) mass is 334 g/mol. The molecule has 5 heteroatoms. The van der Waals surface area contributed by atoms with E-state index in [0.29, 0.717) is 6.42 Å². The van der Waals surface area contributed by atoms with Crippen LogP contribution in [0.5, 0.6) is 0 Å². The molecule has 4 nitrogen and oxygen atoms in total. The zero-order valence-corrected chi connectivity index (χ0v) is 14.8. The molecular weight excluding hydrogens is 308 g/mol. The van der Waals surface area contributed by atoms with Crippen LogP contribution in [-0.2, 0) is 15.4 Å². The molecule has 126 valence electrons. The Morgan fingerprint density at radius 3 is 2.57 bits per heavy atom. The van der Waals surface area contributed by atoms with Crippen molar-refractivity contribution in [3.8, 4) is 0 Å². The van der Waals surface area contributed by atoms with Crippen LogP contribution in [0.3, 0.4) is 0 Å². The van der Waals surface area contributed by atoms with Gasteiger partial charge in [0.05, 0.1) is 5.75 Å². The van der Waals surface area contributed by atoms with Crippen molar-refractivity contribution in [2.24, 2.45) is 0 Å². The summed E-state index contributed by atoms with van der Waals surface area (Å²) in [5.74, 6) is 0.240. The van der Waals surface area contributed by atoms with E-state index in [1.807, 2.05) is 0 Å². The predicted octanol–water partition coefficient (Wildman–Crippen LogP) is 2.33. The van der Waals surface area contributed by atoms with E-state index in [2.05, 4.69) is 41.3 Å². The van der Waals surface area contributed by atoms with Gasteiger partial charge < -0.3 is 4.90 Å². The molecule has 0 aromatic heterocycles. The van der Waals surface area contributed by atoms with E-state index in [-0.39, 0.29) is 11.2 Å². The number of allylic oxidation sites excluding steroid dienone is 1. The summed E-state index contributed by atoms with van der Waals surface area (Å²) in [5, 5.41) is 0. The van der Waals surface area contributed by atoms with Gasteiger partial charge in [-0.15, -0.1) is 0 Å². The van der Waals surface area contributed by atoms with Gasteiger partial charge in [0, 0.05) is 19.5 Å². The number of fused-ring (bicyclic) bond motifs is 2. The van der Waals surface area contributed by atoms with Gasteiger partial charge >= 0.3 is 0 Å². The van der Waals surface area contributed by atoms with Crippen molar-refractivity contribution in [1.29, 1.82) is 0 Å². The van der Waals surface area contributed by atoms with Crippen LogP contribution in [0.1, 0.15) is 30.4 Å². The normalized spacial score (nSPS) is 20.3. The second-order valence-corrected chi connectivity index (χ2v) is 9.17. The van der Waals surface area contributed by atoms with Gasteiger partial charge in [0.15, 0.2) is 0 Å². The van der Waals surface area contributed by atoms with Crippen molar-refractivity contribution in [2.45, 2.75) is 24.7 Å². The number of likely N-dealkylation sites (tertiary alicyclic amines) is 1. The van der Waals surface area contributed by atoms with Crippen LogP contribution in [-0.4, -0.2) is 57.1 Å². The third kappa shape index (κ3) is 3.37. The molecule has 23 heavy (non-hydrogen) atoms. The summed E-state index contributed by atoms with van der Waals surface area (Å²) < 4.78 is 24.9. The Morgan fingerprint density at radius 2 is 1.87 bits per heavy atom. The molecule has 0 saturated carbocycles. The first-order valence-corrected chi connectivity index (χ1v) is 9.95. The number of sulfonamides is 1. The highest BCUT2D eigenvalue weighted by Gasteiger charge is 2.37. The highest BCUT2D eigenvalue weighted by atomic mass is 32.2. The summed E-state index contributed by atoms with van der Waals surface area (Å²) in [6.45, 7) is 2.95. The molecule has 2 aliphatic rings. The van der Waals surface area contributed by atoms with Crippen molar-refractivity contribution in [3.05, 3.63) is 41.5 Å². The van der Waals surface area contributed by atoms with Gasteiger partial charge in [0.1, 0.15) is 0 Å². The molecular formula is C18H26N2O2S. The van der Waals surface area contributed by atoms with Crippen LogP contribution in [0.15, 0.2) is 30.3 Å². The number of piperidine rings is 1. The topological polar surface area (TPSA) is 40.6 Å². The second-order valence-electron chi connectivity index (χ2n) is 6.87. The van der Waals surface area contributed by atoms with E-state index < -0.39 is 10.0 Å². The molecule has 1 aliphatic carbocycles. The van der Waals surface area contributed by atoms with E-state index in [1.54, 1.807) is 14.1 Å². The number of benzene rings is 1. The molecule has 1 heterocycles. The number of hydrogen-bond acceptors (Lipinski definition) is 3. The molecule has 0 radical (unpaired) electrons. The van der Waals surface area contributed by atoms with E-state index in [4.69, 9.17) is 0 Å². The third-order valence-electron chi connectivity index (χ3n) is 5.26. The van der Waals surface area contributed by atoms with Crippen LogP contribution in [0.4, 0.5) is 0 Å². The first-order chi connectivity index (χ1) is 10.9. The fraction of sp³-hybridized carbons (Fsp3) is 0.556. The second kappa shape index (κ2) is 6.38. The average Bonchev–Trinajstić information content (AvgIpc) is 2.88. The smallest absolute Gasteiger partial charge is 0.213 e. The van der Waals surface area contributed by atoms with E-state index >= 15 is 0 Å². The summed E-state index contributed by atoms with van der Waals surface area (Å²) in [6.07, 6.45) is 7.60. The largest absolute Gasteiger partial charge is 0.303 e. The van der Waals surface area contributed by atoms with Crippen molar-refractivity contribution in [3.63, 3.8) is 0 Å². The maximum Gasteiger partial charge on any atom is 0.213 e. The standard InChI is InChI=1S/C18H26N2O2S/c1-19(2)23(21,22)15-5-12-20-13-10-18(11-14-20)9-8-16-6-3-4-7-17(16)18/h3-4,6-9H,5,10-15H2,1-2H3. The molecule has 0 unspecified atom stereocenters. The summed E-state index contributed by atoms with van der Waals surface area (Å²) in [4.78, 5) is 2.41. The summed E-state index contributed by atoms with van der Waals surface area (Å²) >= 11 is 0. The molecule has 1 saturated heterocycles. The van der Waals surface area contributed by atoms with Gasteiger partial charge in [-0.3, -0.25) is 0 Å². The lowest BCUT2D eigenvalue weighted by Gasteiger charge is -2.39. The predicted molar refractivity (Wildman–Crippen MR) is 94.9 cm³/mol. The Bertz CT molecular complexity index is 687.